The molecule has 0 radical (unpaired) electrons. The first-order valence-corrected chi connectivity index (χ1v) is 16.1. The van der Waals surface area contributed by atoms with Crippen LogP contribution in [-0.4, -0.2) is 11.2 Å². The monoisotopic (exact) mass is 476 g/mol. The molecule has 0 bridgehead atoms. The molecule has 0 spiro atoms. The molecule has 202 valence electrons. The first-order chi connectivity index (χ1) is 16.5. The highest BCUT2D eigenvalue weighted by Crippen LogP contribution is 2.42. The molecule has 2 rings (SSSR count). The van der Waals surface area contributed by atoms with Crippen molar-refractivity contribution >= 4 is 0 Å². The van der Waals surface area contributed by atoms with Crippen LogP contribution in [0.5, 0.6) is 0 Å². The van der Waals surface area contributed by atoms with E-state index in [0.29, 0.717) is 5.92 Å². The fraction of sp³-hybridized carbons (Fsp3) is 1.00. The second kappa shape index (κ2) is 17.4. The molecule has 0 amide bonds. The lowest BCUT2D eigenvalue weighted by Crippen LogP contribution is -2.28. The van der Waals surface area contributed by atoms with E-state index in [4.69, 9.17) is 0 Å². The third kappa shape index (κ3) is 10.9. The van der Waals surface area contributed by atoms with Gasteiger partial charge in [0, 0.05) is 0 Å². The Morgan fingerprint density at radius 1 is 0.676 bits per heavy atom. The fourth-order valence-electron chi connectivity index (χ4n) is 8.20. The van der Waals surface area contributed by atoms with Crippen LogP contribution >= 0.6 is 0 Å². The van der Waals surface area contributed by atoms with Crippen LogP contribution < -0.4 is 0 Å². The number of hydrogen-bond acceptors (Lipinski definition) is 1. The Bertz CT molecular complexity index is 483. The van der Waals surface area contributed by atoms with E-state index < -0.39 is 0 Å². The van der Waals surface area contributed by atoms with Gasteiger partial charge >= 0.3 is 0 Å². The predicted octanol–water partition coefficient (Wildman–Crippen LogP) is 10.6. The van der Waals surface area contributed by atoms with Gasteiger partial charge in [0.05, 0.1) is 6.10 Å². The summed E-state index contributed by atoms with van der Waals surface area (Å²) in [7, 11) is 0. The van der Waals surface area contributed by atoms with Crippen LogP contribution in [0.4, 0.5) is 0 Å². The van der Waals surface area contributed by atoms with Crippen LogP contribution in [0.2, 0.25) is 0 Å². The van der Waals surface area contributed by atoms with Gasteiger partial charge in [0.15, 0.2) is 0 Å². The minimum Gasteiger partial charge on any atom is -0.393 e. The van der Waals surface area contributed by atoms with Crippen molar-refractivity contribution in [3.05, 3.63) is 0 Å². The van der Waals surface area contributed by atoms with E-state index in [9.17, 15) is 5.11 Å². The molecule has 34 heavy (non-hydrogen) atoms. The third-order valence-electron chi connectivity index (χ3n) is 9.87. The summed E-state index contributed by atoms with van der Waals surface area (Å²) in [5.41, 5.74) is 0. The SMILES string of the molecule is CCCC(C(C)O)C1CCCCCCC(CCC2CCCCCCC(CC(C)C)C2CCC)C1. The second-order valence-electron chi connectivity index (χ2n) is 13.2. The molecule has 2 aliphatic rings. The van der Waals surface area contributed by atoms with Gasteiger partial charge in [0.2, 0.25) is 0 Å². The smallest absolute Gasteiger partial charge is 0.0542 e. The van der Waals surface area contributed by atoms with Gasteiger partial charge < -0.3 is 5.11 Å². The predicted molar refractivity (Wildman–Crippen MR) is 151 cm³/mol. The van der Waals surface area contributed by atoms with Crippen LogP contribution in [0.3, 0.4) is 0 Å². The van der Waals surface area contributed by atoms with Crippen molar-refractivity contribution in [2.45, 2.75) is 169 Å². The highest BCUT2D eigenvalue weighted by atomic mass is 16.3. The Morgan fingerprint density at radius 3 is 1.88 bits per heavy atom. The summed E-state index contributed by atoms with van der Waals surface area (Å²) >= 11 is 0. The zero-order chi connectivity index (χ0) is 24.8. The zero-order valence-electron chi connectivity index (χ0n) is 24.2. The normalized spacial score (nSPS) is 32.0. The molecule has 0 aliphatic heterocycles. The van der Waals surface area contributed by atoms with Crippen LogP contribution in [0.25, 0.3) is 0 Å². The summed E-state index contributed by atoms with van der Waals surface area (Å²) in [6, 6.07) is 0. The van der Waals surface area contributed by atoms with Crippen LogP contribution in [0, 0.1) is 41.4 Å². The quantitative estimate of drug-likeness (QED) is 0.314. The van der Waals surface area contributed by atoms with Crippen molar-refractivity contribution in [3.8, 4) is 0 Å². The van der Waals surface area contributed by atoms with E-state index in [1.54, 1.807) is 0 Å². The molecule has 2 saturated carbocycles. The summed E-state index contributed by atoms with van der Waals surface area (Å²) in [6.07, 6.45) is 28.4. The molecular formula is C33H64O. The Hall–Kier alpha value is -0.0400. The Balaban J connectivity index is 2.11. The van der Waals surface area contributed by atoms with Gasteiger partial charge in [-0.15, -0.1) is 0 Å². The van der Waals surface area contributed by atoms with E-state index in [1.165, 1.54) is 128 Å². The van der Waals surface area contributed by atoms with Crippen LogP contribution in [0.15, 0.2) is 0 Å². The molecule has 7 atom stereocenters. The van der Waals surface area contributed by atoms with Crippen LogP contribution in [-0.2, 0) is 0 Å². The fourth-order valence-corrected chi connectivity index (χ4v) is 8.20. The molecule has 1 heteroatoms. The van der Waals surface area contributed by atoms with E-state index in [-0.39, 0.29) is 6.10 Å². The topological polar surface area (TPSA) is 20.2 Å². The standard InChI is InChI=1S/C33H64O/c1-6-16-32(27(5)34)31-21-15-9-8-12-18-28(25-31)22-23-29-19-13-10-11-14-20-30(24-26(3)4)33(29)17-7-2/h26-34H,6-25H2,1-5H3. The van der Waals surface area contributed by atoms with Crippen molar-refractivity contribution in [1.29, 1.82) is 0 Å². The minimum absolute atomic E-state index is 0.133. The molecule has 2 aliphatic carbocycles. The van der Waals surface area contributed by atoms with E-state index >= 15 is 0 Å². The van der Waals surface area contributed by atoms with Crippen molar-refractivity contribution in [3.63, 3.8) is 0 Å². The maximum Gasteiger partial charge on any atom is 0.0542 e. The molecule has 2 fully saturated rings. The molecule has 0 saturated heterocycles. The molecule has 0 aromatic rings. The minimum atomic E-state index is -0.133. The number of hydrogen-bond donors (Lipinski definition) is 1. The van der Waals surface area contributed by atoms with Gasteiger partial charge in [-0.3, -0.25) is 0 Å². The van der Waals surface area contributed by atoms with Crippen LogP contribution in [0.1, 0.15) is 163 Å². The summed E-state index contributed by atoms with van der Waals surface area (Å²) in [4.78, 5) is 0. The third-order valence-corrected chi connectivity index (χ3v) is 9.87. The number of aliphatic hydroxyl groups is 1. The maximum atomic E-state index is 10.6. The molecule has 1 nitrogen and oxygen atoms in total. The largest absolute Gasteiger partial charge is 0.393 e. The van der Waals surface area contributed by atoms with Gasteiger partial charge in [0.25, 0.3) is 0 Å². The molecule has 0 aromatic carbocycles. The highest BCUT2D eigenvalue weighted by Gasteiger charge is 2.32. The van der Waals surface area contributed by atoms with Gasteiger partial charge in [-0.25, -0.2) is 0 Å². The van der Waals surface area contributed by atoms with E-state index in [0.717, 1.165) is 35.5 Å². The maximum absolute atomic E-state index is 10.6. The van der Waals surface area contributed by atoms with Crippen molar-refractivity contribution in [1.82, 2.24) is 0 Å². The number of rotatable bonds is 11. The molecule has 1 N–H and O–H groups in total. The van der Waals surface area contributed by atoms with Crippen molar-refractivity contribution < 1.29 is 5.11 Å². The average Bonchev–Trinajstić information content (AvgIpc) is 2.96. The van der Waals surface area contributed by atoms with E-state index in [1.807, 2.05) is 0 Å². The van der Waals surface area contributed by atoms with Gasteiger partial charge in [0.1, 0.15) is 0 Å². The molecule has 0 aromatic heterocycles. The van der Waals surface area contributed by atoms with E-state index in [2.05, 4.69) is 34.6 Å². The average molecular weight is 477 g/mol. The molecule has 7 unspecified atom stereocenters. The lowest BCUT2D eigenvalue weighted by atomic mass is 9.69. The lowest BCUT2D eigenvalue weighted by molar-refractivity contribution is 0.0644. The van der Waals surface area contributed by atoms with Crippen molar-refractivity contribution in [2.24, 2.45) is 41.4 Å². The Labute approximate surface area is 215 Å². The van der Waals surface area contributed by atoms with Gasteiger partial charge in [-0.2, -0.15) is 0 Å². The van der Waals surface area contributed by atoms with Gasteiger partial charge in [-0.1, -0.05) is 130 Å². The first kappa shape index (κ1) is 30.2. The zero-order valence-corrected chi connectivity index (χ0v) is 24.2. The van der Waals surface area contributed by atoms with Gasteiger partial charge in [-0.05, 0) is 74.0 Å². The Morgan fingerprint density at radius 2 is 1.29 bits per heavy atom. The van der Waals surface area contributed by atoms with Crippen molar-refractivity contribution in [2.75, 3.05) is 0 Å². The second-order valence-corrected chi connectivity index (χ2v) is 13.2. The Kier molecular flexibility index (Phi) is 15.5. The highest BCUT2D eigenvalue weighted by molar-refractivity contribution is 4.83. The first-order valence-electron chi connectivity index (χ1n) is 16.1. The summed E-state index contributed by atoms with van der Waals surface area (Å²) in [5, 5.41) is 10.6. The summed E-state index contributed by atoms with van der Waals surface area (Å²) < 4.78 is 0. The number of aliphatic hydroxyl groups excluding tert-OH is 1. The molecular weight excluding hydrogens is 412 g/mol. The summed E-state index contributed by atoms with van der Waals surface area (Å²) in [5.74, 6) is 5.94. The summed E-state index contributed by atoms with van der Waals surface area (Å²) in [6.45, 7) is 11.7. The molecule has 0 heterocycles. The lowest BCUT2D eigenvalue weighted by Gasteiger charge is -2.36.